The van der Waals surface area contributed by atoms with Crippen LogP contribution in [0.15, 0.2) is 48.5 Å². The number of hydrogen-bond donors (Lipinski definition) is 6. The predicted molar refractivity (Wildman–Crippen MR) is 148 cm³/mol. The highest BCUT2D eigenvalue weighted by Crippen LogP contribution is 2.13. The Kier molecular flexibility index (Phi) is 15.7. The molecule has 212 valence electrons. The van der Waals surface area contributed by atoms with E-state index in [-0.39, 0.29) is 37.9 Å². The fourth-order valence-corrected chi connectivity index (χ4v) is 3.06. The van der Waals surface area contributed by atoms with Crippen molar-refractivity contribution in [3.05, 3.63) is 59.7 Å². The van der Waals surface area contributed by atoms with Crippen LogP contribution in [0.1, 0.15) is 38.8 Å². The second kappa shape index (κ2) is 18.1. The number of nitrogens with one attached hydrogen (secondary N) is 2. The topological polar surface area (TPSA) is 169 Å². The number of benzene rings is 2. The van der Waals surface area contributed by atoms with Gasteiger partial charge in [0.2, 0.25) is 11.8 Å². The molecule has 0 spiro atoms. The molecule has 0 radical (unpaired) electrons. The van der Waals surface area contributed by atoms with E-state index in [1.807, 2.05) is 27.7 Å². The molecule has 0 heterocycles. The number of aliphatic hydroxyl groups excluding tert-OH is 2. The first-order valence-electron chi connectivity index (χ1n) is 12.8. The van der Waals surface area contributed by atoms with Crippen molar-refractivity contribution in [3.8, 4) is 11.5 Å². The summed E-state index contributed by atoms with van der Waals surface area (Å²) in [6.45, 7) is 9.53. The summed E-state index contributed by atoms with van der Waals surface area (Å²) in [4.78, 5) is 21.5. The van der Waals surface area contributed by atoms with E-state index in [1.165, 1.54) is 0 Å². The van der Waals surface area contributed by atoms with Crippen molar-refractivity contribution in [2.75, 3.05) is 26.3 Å². The SMILES string of the molecule is CC(C)NCC(O)COc1ccc(CC(N)=O)cc1.CC(C)NCC(O)COc1ccc(CC(N)=O)cc1. The molecule has 0 aliphatic carbocycles. The zero-order valence-electron chi connectivity index (χ0n) is 22.9. The Morgan fingerprint density at radius 1 is 0.684 bits per heavy atom. The normalized spacial score (nSPS) is 12.4. The van der Waals surface area contributed by atoms with Gasteiger partial charge in [0, 0.05) is 25.2 Å². The van der Waals surface area contributed by atoms with Gasteiger partial charge in [0.05, 0.1) is 12.8 Å². The minimum Gasteiger partial charge on any atom is -0.491 e. The molecular formula is C28H44N4O6. The van der Waals surface area contributed by atoms with Gasteiger partial charge in [-0.1, -0.05) is 52.0 Å². The number of ether oxygens (including phenoxy) is 2. The molecule has 0 fully saturated rings. The molecule has 2 amide bonds. The maximum Gasteiger partial charge on any atom is 0.221 e. The van der Waals surface area contributed by atoms with E-state index >= 15 is 0 Å². The Morgan fingerprint density at radius 3 is 1.26 bits per heavy atom. The Labute approximate surface area is 225 Å². The lowest BCUT2D eigenvalue weighted by Gasteiger charge is -2.15. The maximum absolute atomic E-state index is 10.7. The van der Waals surface area contributed by atoms with Gasteiger partial charge in [-0.2, -0.15) is 0 Å². The van der Waals surface area contributed by atoms with Gasteiger partial charge >= 0.3 is 0 Å². The second-order valence-electron chi connectivity index (χ2n) is 9.63. The Bertz CT molecular complexity index is 858. The number of amides is 2. The third kappa shape index (κ3) is 16.5. The molecule has 2 aromatic carbocycles. The average Bonchev–Trinajstić information content (AvgIpc) is 2.85. The van der Waals surface area contributed by atoms with E-state index < -0.39 is 12.2 Å². The molecule has 8 N–H and O–H groups in total. The largest absolute Gasteiger partial charge is 0.491 e. The monoisotopic (exact) mass is 532 g/mol. The Hall–Kier alpha value is -3.18. The maximum atomic E-state index is 10.7. The van der Waals surface area contributed by atoms with Crippen LogP contribution in [0.25, 0.3) is 0 Å². The van der Waals surface area contributed by atoms with Crippen molar-refractivity contribution in [1.82, 2.24) is 10.6 Å². The van der Waals surface area contributed by atoms with Crippen LogP contribution in [-0.4, -0.2) is 72.6 Å². The van der Waals surface area contributed by atoms with Crippen molar-refractivity contribution >= 4 is 11.8 Å². The van der Waals surface area contributed by atoms with Crippen LogP contribution in [0.5, 0.6) is 11.5 Å². The quantitative estimate of drug-likeness (QED) is 0.185. The van der Waals surface area contributed by atoms with Gasteiger partial charge in [0.15, 0.2) is 0 Å². The number of aliphatic hydroxyl groups is 2. The van der Waals surface area contributed by atoms with Gasteiger partial charge in [-0.3, -0.25) is 9.59 Å². The molecule has 0 bridgehead atoms. The summed E-state index contributed by atoms with van der Waals surface area (Å²) in [6, 6.07) is 14.9. The van der Waals surface area contributed by atoms with Gasteiger partial charge in [-0.25, -0.2) is 0 Å². The van der Waals surface area contributed by atoms with E-state index in [9.17, 15) is 19.8 Å². The highest BCUT2D eigenvalue weighted by atomic mass is 16.5. The van der Waals surface area contributed by atoms with Crippen LogP contribution >= 0.6 is 0 Å². The lowest BCUT2D eigenvalue weighted by molar-refractivity contribution is -0.118. The number of carbonyl (C=O) groups is 2. The summed E-state index contributed by atoms with van der Waals surface area (Å²) in [6.07, 6.45) is -0.650. The van der Waals surface area contributed by atoms with Gasteiger partial charge in [-0.15, -0.1) is 0 Å². The Balaban J connectivity index is 0.000000380. The summed E-state index contributed by atoms with van der Waals surface area (Å²) >= 11 is 0. The first-order valence-corrected chi connectivity index (χ1v) is 12.8. The first kappa shape index (κ1) is 32.8. The fraction of sp³-hybridized carbons (Fsp3) is 0.500. The number of primary amides is 2. The highest BCUT2D eigenvalue weighted by molar-refractivity contribution is 5.77. The lowest BCUT2D eigenvalue weighted by atomic mass is 10.1. The van der Waals surface area contributed by atoms with Gasteiger partial charge in [0.1, 0.15) is 36.9 Å². The van der Waals surface area contributed by atoms with Crippen LogP contribution in [-0.2, 0) is 22.4 Å². The molecule has 0 aliphatic rings. The number of carbonyl (C=O) groups excluding carboxylic acids is 2. The number of nitrogens with two attached hydrogens (primary N) is 2. The standard InChI is InChI=1S/2C14H22N2O3/c2*1-10(2)16-8-12(17)9-19-13-5-3-11(4-6-13)7-14(15)18/h2*3-6,10,12,16-17H,7-9H2,1-2H3,(H2,15,18). The molecule has 0 aliphatic heterocycles. The van der Waals surface area contributed by atoms with E-state index in [4.69, 9.17) is 20.9 Å². The third-order valence-corrected chi connectivity index (χ3v) is 5.01. The summed E-state index contributed by atoms with van der Waals surface area (Å²) in [5, 5.41) is 25.6. The molecule has 2 rings (SSSR count). The van der Waals surface area contributed by atoms with Crippen LogP contribution in [0.4, 0.5) is 0 Å². The van der Waals surface area contributed by atoms with E-state index in [0.717, 1.165) is 11.1 Å². The zero-order valence-corrected chi connectivity index (χ0v) is 22.9. The third-order valence-electron chi connectivity index (χ3n) is 5.01. The highest BCUT2D eigenvalue weighted by Gasteiger charge is 2.07. The summed E-state index contributed by atoms with van der Waals surface area (Å²) in [7, 11) is 0. The number of rotatable bonds is 16. The minimum absolute atomic E-state index is 0.223. The molecular weight excluding hydrogens is 488 g/mol. The summed E-state index contributed by atoms with van der Waals surface area (Å²) in [5.41, 5.74) is 11.9. The lowest BCUT2D eigenvalue weighted by Crippen LogP contribution is -2.35. The smallest absolute Gasteiger partial charge is 0.221 e. The summed E-state index contributed by atoms with van der Waals surface area (Å²) < 4.78 is 10.9. The fourth-order valence-electron chi connectivity index (χ4n) is 3.06. The predicted octanol–water partition coefficient (Wildman–Crippen LogP) is 0.904. The van der Waals surface area contributed by atoms with Crippen molar-refractivity contribution in [2.45, 2.75) is 64.8 Å². The van der Waals surface area contributed by atoms with Crippen molar-refractivity contribution < 1.29 is 29.3 Å². The summed E-state index contributed by atoms with van der Waals surface area (Å²) in [5.74, 6) is 0.612. The van der Waals surface area contributed by atoms with Crippen molar-refractivity contribution in [3.63, 3.8) is 0 Å². The van der Waals surface area contributed by atoms with Gasteiger partial charge in [-0.05, 0) is 35.4 Å². The molecule has 10 heteroatoms. The minimum atomic E-state index is -0.548. The molecule has 2 aromatic rings. The van der Waals surface area contributed by atoms with Gasteiger partial charge in [0.25, 0.3) is 0 Å². The second-order valence-corrected chi connectivity index (χ2v) is 9.63. The molecule has 2 unspecified atom stereocenters. The van der Waals surface area contributed by atoms with Crippen molar-refractivity contribution in [1.29, 1.82) is 0 Å². The van der Waals surface area contributed by atoms with Crippen LogP contribution in [0.3, 0.4) is 0 Å². The van der Waals surface area contributed by atoms with Crippen LogP contribution < -0.4 is 31.6 Å². The molecule has 0 saturated carbocycles. The Morgan fingerprint density at radius 2 is 1.00 bits per heavy atom. The van der Waals surface area contributed by atoms with E-state index in [1.54, 1.807) is 48.5 Å². The van der Waals surface area contributed by atoms with E-state index in [0.29, 0.717) is 36.7 Å². The first-order chi connectivity index (χ1) is 17.9. The zero-order chi connectivity index (χ0) is 28.5. The average molecular weight is 533 g/mol. The van der Waals surface area contributed by atoms with E-state index in [2.05, 4.69) is 10.6 Å². The molecule has 0 aromatic heterocycles. The van der Waals surface area contributed by atoms with Crippen LogP contribution in [0, 0.1) is 0 Å². The molecule has 10 nitrogen and oxygen atoms in total. The molecule has 2 atom stereocenters. The molecule has 38 heavy (non-hydrogen) atoms. The van der Waals surface area contributed by atoms with Crippen molar-refractivity contribution in [2.24, 2.45) is 11.5 Å². The number of hydrogen-bond acceptors (Lipinski definition) is 8. The molecule has 0 saturated heterocycles. The van der Waals surface area contributed by atoms with Gasteiger partial charge < -0.3 is 41.8 Å². The van der Waals surface area contributed by atoms with Crippen LogP contribution in [0.2, 0.25) is 0 Å².